The molecule has 72 valence electrons. The number of ether oxygens (including phenoxy) is 1. The van der Waals surface area contributed by atoms with E-state index in [-0.39, 0.29) is 6.07 Å². The standard InChI is InChI=1S/C8H14Cl2O2/c1-2-3-4-5-7(10)8(11)12-6-9/h7H,2-6H2,1H3. The molecule has 0 rings (SSSR count). The van der Waals surface area contributed by atoms with E-state index < -0.39 is 11.3 Å². The van der Waals surface area contributed by atoms with E-state index in [2.05, 4.69) is 11.7 Å². The van der Waals surface area contributed by atoms with Gasteiger partial charge in [0.2, 0.25) is 0 Å². The molecule has 0 aliphatic carbocycles. The zero-order valence-corrected chi connectivity index (χ0v) is 8.70. The van der Waals surface area contributed by atoms with Gasteiger partial charge in [-0.1, -0.05) is 37.8 Å². The van der Waals surface area contributed by atoms with Crippen LogP contribution in [-0.4, -0.2) is 17.4 Å². The van der Waals surface area contributed by atoms with Crippen LogP contribution in [0.15, 0.2) is 0 Å². The summed E-state index contributed by atoms with van der Waals surface area (Å²) in [5.41, 5.74) is 0. The zero-order chi connectivity index (χ0) is 9.40. The summed E-state index contributed by atoms with van der Waals surface area (Å²) in [5, 5.41) is -0.532. The minimum atomic E-state index is -0.532. The van der Waals surface area contributed by atoms with Crippen molar-refractivity contribution in [1.29, 1.82) is 0 Å². The molecule has 0 saturated heterocycles. The molecule has 0 N–H and O–H groups in total. The average Bonchev–Trinajstić information content (AvgIpc) is 2.05. The molecule has 4 heteroatoms. The molecule has 0 aliphatic rings. The molecule has 2 nitrogen and oxygen atoms in total. The smallest absolute Gasteiger partial charge is 0.325 e. The fraction of sp³-hybridized carbons (Fsp3) is 0.875. The quantitative estimate of drug-likeness (QED) is 0.385. The summed E-state index contributed by atoms with van der Waals surface area (Å²) in [6.45, 7) is 2.10. The van der Waals surface area contributed by atoms with Gasteiger partial charge in [-0.15, -0.1) is 11.6 Å². The Balaban J connectivity index is 3.42. The molecule has 12 heavy (non-hydrogen) atoms. The second-order valence-electron chi connectivity index (χ2n) is 2.54. The fourth-order valence-electron chi connectivity index (χ4n) is 0.836. The van der Waals surface area contributed by atoms with Crippen LogP contribution in [0.25, 0.3) is 0 Å². The predicted octanol–water partition coefficient (Wildman–Crippen LogP) is 2.91. The second-order valence-corrected chi connectivity index (χ2v) is 3.28. The first-order chi connectivity index (χ1) is 5.72. The number of alkyl halides is 2. The molecule has 1 unspecified atom stereocenters. The molecule has 0 aromatic carbocycles. The van der Waals surface area contributed by atoms with Crippen LogP contribution in [0.3, 0.4) is 0 Å². The lowest BCUT2D eigenvalue weighted by Crippen LogP contribution is -2.17. The van der Waals surface area contributed by atoms with Gasteiger partial charge in [-0.3, -0.25) is 4.79 Å². The van der Waals surface area contributed by atoms with Crippen molar-refractivity contribution in [1.82, 2.24) is 0 Å². The average molecular weight is 213 g/mol. The largest absolute Gasteiger partial charge is 0.448 e. The van der Waals surface area contributed by atoms with Gasteiger partial charge in [0.1, 0.15) is 5.38 Å². The van der Waals surface area contributed by atoms with Crippen LogP contribution in [0.5, 0.6) is 0 Å². The normalized spacial score (nSPS) is 12.6. The Bertz CT molecular complexity index is 128. The molecular formula is C8H14Cl2O2. The first-order valence-corrected chi connectivity index (χ1v) is 5.06. The van der Waals surface area contributed by atoms with E-state index in [1.165, 1.54) is 0 Å². The molecule has 1 atom stereocenters. The predicted molar refractivity (Wildman–Crippen MR) is 50.6 cm³/mol. The number of unbranched alkanes of at least 4 members (excludes halogenated alkanes) is 2. The topological polar surface area (TPSA) is 26.3 Å². The monoisotopic (exact) mass is 212 g/mol. The molecule has 0 fully saturated rings. The Labute approximate surface area is 83.2 Å². The highest BCUT2D eigenvalue weighted by Crippen LogP contribution is 2.10. The van der Waals surface area contributed by atoms with Crippen molar-refractivity contribution < 1.29 is 9.53 Å². The lowest BCUT2D eigenvalue weighted by atomic mass is 10.1. The van der Waals surface area contributed by atoms with Gasteiger partial charge >= 0.3 is 5.97 Å². The highest BCUT2D eigenvalue weighted by Gasteiger charge is 2.15. The zero-order valence-electron chi connectivity index (χ0n) is 7.19. The van der Waals surface area contributed by atoms with Crippen molar-refractivity contribution in [3.8, 4) is 0 Å². The van der Waals surface area contributed by atoms with Gasteiger partial charge in [-0.05, 0) is 6.42 Å². The third kappa shape index (κ3) is 5.67. The van der Waals surface area contributed by atoms with Crippen molar-refractivity contribution in [3.63, 3.8) is 0 Å². The third-order valence-electron chi connectivity index (χ3n) is 1.51. The maximum Gasteiger partial charge on any atom is 0.325 e. The van der Waals surface area contributed by atoms with E-state index in [0.717, 1.165) is 19.3 Å². The van der Waals surface area contributed by atoms with Gasteiger partial charge in [0.15, 0.2) is 6.07 Å². The summed E-state index contributed by atoms with van der Waals surface area (Å²) in [6, 6.07) is -0.115. The molecule has 0 radical (unpaired) electrons. The summed E-state index contributed by atoms with van der Waals surface area (Å²) < 4.78 is 4.53. The lowest BCUT2D eigenvalue weighted by molar-refractivity contribution is -0.141. The van der Waals surface area contributed by atoms with Gasteiger partial charge < -0.3 is 4.74 Å². The number of hydrogen-bond donors (Lipinski definition) is 0. The number of hydrogen-bond acceptors (Lipinski definition) is 2. The van der Waals surface area contributed by atoms with Crippen molar-refractivity contribution >= 4 is 29.2 Å². The van der Waals surface area contributed by atoms with Crippen LogP contribution >= 0.6 is 23.2 Å². The highest BCUT2D eigenvalue weighted by atomic mass is 35.5. The highest BCUT2D eigenvalue weighted by molar-refractivity contribution is 6.30. The van der Waals surface area contributed by atoms with Crippen LogP contribution < -0.4 is 0 Å². The molecule has 0 aromatic rings. The van der Waals surface area contributed by atoms with E-state index >= 15 is 0 Å². The van der Waals surface area contributed by atoms with E-state index in [1.807, 2.05) is 0 Å². The van der Waals surface area contributed by atoms with Crippen molar-refractivity contribution in [2.75, 3.05) is 6.07 Å². The Morgan fingerprint density at radius 1 is 1.50 bits per heavy atom. The molecule has 0 aliphatic heterocycles. The van der Waals surface area contributed by atoms with Gasteiger partial charge in [0.25, 0.3) is 0 Å². The third-order valence-corrected chi connectivity index (χ3v) is 2.02. The minimum absolute atomic E-state index is 0.115. The summed E-state index contributed by atoms with van der Waals surface area (Å²) in [7, 11) is 0. The molecule has 0 bridgehead atoms. The summed E-state index contributed by atoms with van der Waals surface area (Å²) in [4.78, 5) is 10.9. The van der Waals surface area contributed by atoms with Gasteiger partial charge in [0, 0.05) is 0 Å². The van der Waals surface area contributed by atoms with Crippen LogP contribution in [0.2, 0.25) is 0 Å². The van der Waals surface area contributed by atoms with Crippen LogP contribution in [0.1, 0.15) is 32.6 Å². The number of halogens is 2. The summed E-state index contributed by atoms with van der Waals surface area (Å²) >= 11 is 10.9. The number of carbonyl (C=O) groups is 1. The maximum atomic E-state index is 10.9. The van der Waals surface area contributed by atoms with Gasteiger partial charge in [-0.25, -0.2) is 0 Å². The first-order valence-electron chi connectivity index (χ1n) is 4.09. The van der Waals surface area contributed by atoms with E-state index in [4.69, 9.17) is 23.2 Å². The minimum Gasteiger partial charge on any atom is -0.448 e. The van der Waals surface area contributed by atoms with E-state index in [9.17, 15) is 4.79 Å². The van der Waals surface area contributed by atoms with Gasteiger partial charge in [-0.2, -0.15) is 0 Å². The van der Waals surface area contributed by atoms with Crippen molar-refractivity contribution in [2.24, 2.45) is 0 Å². The Kier molecular flexibility index (Phi) is 7.72. The SMILES string of the molecule is CCCCCC(Cl)C(=O)OCCl. The summed E-state index contributed by atoms with van der Waals surface area (Å²) in [6.07, 6.45) is 3.85. The van der Waals surface area contributed by atoms with E-state index in [0.29, 0.717) is 6.42 Å². The molecule has 0 saturated carbocycles. The van der Waals surface area contributed by atoms with Crippen molar-refractivity contribution in [3.05, 3.63) is 0 Å². The number of rotatable bonds is 6. The van der Waals surface area contributed by atoms with Crippen LogP contribution in [-0.2, 0) is 9.53 Å². The second kappa shape index (κ2) is 7.69. The molecule has 0 amide bonds. The Hall–Kier alpha value is 0.0500. The first kappa shape index (κ1) is 12.0. The number of carbonyl (C=O) groups excluding carboxylic acids is 1. The molecule has 0 aromatic heterocycles. The van der Waals surface area contributed by atoms with Crippen LogP contribution in [0, 0.1) is 0 Å². The Morgan fingerprint density at radius 3 is 2.67 bits per heavy atom. The van der Waals surface area contributed by atoms with Gasteiger partial charge in [0.05, 0.1) is 0 Å². The summed E-state index contributed by atoms with van der Waals surface area (Å²) in [5.74, 6) is -0.414. The lowest BCUT2D eigenvalue weighted by Gasteiger charge is -2.06. The molecular weight excluding hydrogens is 199 g/mol. The van der Waals surface area contributed by atoms with E-state index in [1.54, 1.807) is 0 Å². The Morgan fingerprint density at radius 2 is 2.17 bits per heavy atom. The van der Waals surface area contributed by atoms with Crippen LogP contribution in [0.4, 0.5) is 0 Å². The fourth-order valence-corrected chi connectivity index (χ4v) is 1.16. The maximum absolute atomic E-state index is 10.9. The van der Waals surface area contributed by atoms with Crippen molar-refractivity contribution in [2.45, 2.75) is 38.0 Å². The number of esters is 1. The molecule has 0 spiro atoms. The molecule has 0 heterocycles.